The van der Waals surface area contributed by atoms with Crippen LogP contribution in [0.25, 0.3) is 0 Å². The molecule has 5 rings (SSSR count). The normalized spacial score (nSPS) is 16.5. The van der Waals surface area contributed by atoms with Gasteiger partial charge in [-0.25, -0.2) is 14.2 Å². The number of anilines is 3. The maximum absolute atomic E-state index is 14.2. The fraction of sp³-hybridized carbons (Fsp3) is 0.705. The first-order valence-corrected chi connectivity index (χ1v) is 23.9. The fourth-order valence-corrected chi connectivity index (χ4v) is 7.81. The molecule has 0 spiro atoms. The number of aliphatic carboxylic acids is 1. The van der Waals surface area contributed by atoms with Crippen molar-refractivity contribution in [2.24, 2.45) is 23.3 Å². The average Bonchev–Trinajstić information content (AvgIpc) is 4.06. The van der Waals surface area contributed by atoms with E-state index in [9.17, 15) is 37.5 Å². The van der Waals surface area contributed by atoms with E-state index in [1.807, 2.05) is 37.5 Å². The third-order valence-corrected chi connectivity index (χ3v) is 11.9. The van der Waals surface area contributed by atoms with Gasteiger partial charge in [-0.3, -0.25) is 14.4 Å². The lowest BCUT2D eigenvalue weighted by Crippen LogP contribution is -2.52. The quantitative estimate of drug-likeness (QED) is 0.0448. The number of hydrogen-bond donors (Lipinski definition) is 4. The number of alkyl halides is 3. The molecule has 0 aliphatic carbocycles. The molecule has 2 fully saturated rings. The number of rotatable bonds is 28. The number of nitrogens with zero attached hydrogens (tertiary/aromatic N) is 13. The Bertz CT molecular complexity index is 2250. The first-order chi connectivity index (χ1) is 34.4. The van der Waals surface area contributed by atoms with Gasteiger partial charge < -0.3 is 60.4 Å². The summed E-state index contributed by atoms with van der Waals surface area (Å²) in [5, 5.41) is 29.2. The molecule has 3 aromatic rings. The van der Waals surface area contributed by atoms with Crippen LogP contribution >= 0.6 is 0 Å². The van der Waals surface area contributed by atoms with Crippen molar-refractivity contribution in [1.82, 2.24) is 54.7 Å². The molecule has 6 N–H and O–H groups in total. The molecule has 5 heterocycles. The fourth-order valence-electron chi connectivity index (χ4n) is 7.81. The van der Waals surface area contributed by atoms with Crippen LogP contribution in [0.1, 0.15) is 88.9 Å². The molecule has 2 aliphatic rings. The van der Waals surface area contributed by atoms with Crippen LogP contribution in [-0.2, 0) is 38.1 Å². The van der Waals surface area contributed by atoms with Crippen molar-refractivity contribution in [3.8, 4) is 12.3 Å². The second-order valence-corrected chi connectivity index (χ2v) is 17.8. The predicted molar refractivity (Wildman–Crippen MR) is 252 cm³/mol. The summed E-state index contributed by atoms with van der Waals surface area (Å²) in [6.07, 6.45) is 3.98. The van der Waals surface area contributed by atoms with Gasteiger partial charge in [0.1, 0.15) is 31.0 Å². The van der Waals surface area contributed by atoms with Gasteiger partial charge in [0, 0.05) is 65.3 Å². The van der Waals surface area contributed by atoms with Crippen molar-refractivity contribution in [3.05, 3.63) is 23.8 Å². The molecule has 2 amide bonds. The number of carboxylic acid groups (broad SMARTS) is 1. The van der Waals surface area contributed by atoms with Gasteiger partial charge in [-0.2, -0.15) is 28.1 Å². The van der Waals surface area contributed by atoms with Gasteiger partial charge in [-0.1, -0.05) is 50.5 Å². The Labute approximate surface area is 415 Å². The van der Waals surface area contributed by atoms with E-state index in [2.05, 4.69) is 36.6 Å². The highest BCUT2D eigenvalue weighted by molar-refractivity contribution is 5.82. The van der Waals surface area contributed by atoms with E-state index in [-0.39, 0.29) is 75.0 Å². The summed E-state index contributed by atoms with van der Waals surface area (Å²) in [5.74, 6) is -0.549. The van der Waals surface area contributed by atoms with Crippen molar-refractivity contribution >= 4 is 41.6 Å². The number of nitrogens with two attached hydrogens (primary N) is 2. The standard InChI is InChI=1S/C44H67F3N16O9/c1-6-19-69-21-23-71-24-22-70-20-10-50-41-51-42(60-15-11-58(12-16-60)38(66)35(8-9-36(64)65)62-26-33(54-56-62)31(48)25-29(3)4)53-43(52-41)61-17-13-59(14-18-61)39(67)37(30(5)7-2)63-27-34(55-57-63)32(49)28-72-40(68)44(45,46)47/h1,26-27,29-32,35,37H,7-25,28,48-49H2,2-5H3,(H,64,65)(H,50,51,52,53)/t30-,31?,32?,35-,37?/m0/s1. The highest BCUT2D eigenvalue weighted by atomic mass is 19.4. The third-order valence-electron chi connectivity index (χ3n) is 11.9. The highest BCUT2D eigenvalue weighted by Gasteiger charge is 2.41. The Morgan fingerprint density at radius 1 is 0.792 bits per heavy atom. The van der Waals surface area contributed by atoms with Crippen molar-refractivity contribution in [1.29, 1.82) is 0 Å². The van der Waals surface area contributed by atoms with Crippen LogP contribution < -0.4 is 26.6 Å². The number of terminal acetylenes is 1. The van der Waals surface area contributed by atoms with E-state index < -0.39 is 48.9 Å². The lowest BCUT2D eigenvalue weighted by Gasteiger charge is -2.38. The van der Waals surface area contributed by atoms with Crippen LogP contribution in [0.15, 0.2) is 12.4 Å². The smallest absolute Gasteiger partial charge is 0.481 e. The van der Waals surface area contributed by atoms with Crippen LogP contribution in [0, 0.1) is 24.2 Å². The molecule has 0 radical (unpaired) electrons. The predicted octanol–water partition coefficient (Wildman–Crippen LogP) is 0.991. The molecule has 2 saturated heterocycles. The summed E-state index contributed by atoms with van der Waals surface area (Å²) >= 11 is 0. The van der Waals surface area contributed by atoms with Crippen molar-refractivity contribution in [2.45, 2.75) is 83.7 Å². The molecular weight excluding hydrogens is 954 g/mol. The maximum atomic E-state index is 14.2. The maximum Gasteiger partial charge on any atom is 0.490 e. The summed E-state index contributed by atoms with van der Waals surface area (Å²) in [6.45, 7) is 11.8. The van der Waals surface area contributed by atoms with E-state index in [1.54, 1.807) is 16.0 Å². The molecule has 5 atom stereocenters. The number of esters is 1. The molecule has 0 saturated carbocycles. The number of ether oxygens (including phenoxy) is 4. The van der Waals surface area contributed by atoms with Gasteiger partial charge in [0.15, 0.2) is 0 Å². The molecule has 25 nitrogen and oxygen atoms in total. The topological polar surface area (TPSA) is 303 Å². The highest BCUT2D eigenvalue weighted by Crippen LogP contribution is 2.28. The zero-order chi connectivity index (χ0) is 52.4. The van der Waals surface area contributed by atoms with E-state index in [0.29, 0.717) is 102 Å². The number of hydrogen-bond acceptors (Lipinski definition) is 20. The number of aromatic nitrogens is 9. The number of amides is 2. The molecular formula is C44H67F3N16O9. The summed E-state index contributed by atoms with van der Waals surface area (Å²) < 4.78 is 61.5. The lowest BCUT2D eigenvalue weighted by atomic mass is 9.97. The SMILES string of the molecule is C#CCOCCOCCOCCNc1nc(N2CCN(C(=O)C([C@@H](C)CC)n3cc(C(N)COC(=O)C(F)(F)F)nn3)CC2)nc(N2CCN(C(=O)[C@H](CCC(=O)O)n3cc(C(N)CC(C)C)nn3)CC2)n1. The van der Waals surface area contributed by atoms with Crippen molar-refractivity contribution in [3.63, 3.8) is 0 Å². The van der Waals surface area contributed by atoms with Crippen LogP contribution in [0.2, 0.25) is 0 Å². The molecule has 28 heteroatoms. The molecule has 398 valence electrons. The Kier molecular flexibility index (Phi) is 21.6. The Balaban J connectivity index is 1.26. The zero-order valence-electron chi connectivity index (χ0n) is 41.2. The van der Waals surface area contributed by atoms with E-state index in [1.165, 1.54) is 15.6 Å². The largest absolute Gasteiger partial charge is 0.490 e. The Hall–Kier alpha value is -6.28. The van der Waals surface area contributed by atoms with E-state index in [0.717, 1.165) is 0 Å². The molecule has 0 bridgehead atoms. The number of piperazine rings is 2. The Morgan fingerprint density at radius 2 is 1.33 bits per heavy atom. The first-order valence-electron chi connectivity index (χ1n) is 23.9. The number of carbonyl (C=O) groups is 4. The van der Waals surface area contributed by atoms with Crippen LogP contribution in [0.5, 0.6) is 0 Å². The summed E-state index contributed by atoms with van der Waals surface area (Å²) in [6, 6.07) is -3.35. The number of carbonyl (C=O) groups excluding carboxylic acids is 3. The number of carboxylic acids is 1. The summed E-state index contributed by atoms with van der Waals surface area (Å²) in [4.78, 5) is 72.7. The minimum Gasteiger partial charge on any atom is -0.481 e. The molecule has 0 aromatic carbocycles. The molecule has 3 unspecified atom stereocenters. The molecule has 3 aromatic heterocycles. The van der Waals surface area contributed by atoms with Gasteiger partial charge >= 0.3 is 18.1 Å². The minimum absolute atomic E-state index is 0.00538. The van der Waals surface area contributed by atoms with Gasteiger partial charge in [-0.05, 0) is 24.7 Å². The van der Waals surface area contributed by atoms with Crippen LogP contribution in [0.3, 0.4) is 0 Å². The second kappa shape index (κ2) is 27.5. The third kappa shape index (κ3) is 16.6. The minimum atomic E-state index is -5.18. The molecule has 2 aliphatic heterocycles. The lowest BCUT2D eigenvalue weighted by molar-refractivity contribution is -0.200. The van der Waals surface area contributed by atoms with Gasteiger partial charge in [0.05, 0.1) is 63.2 Å². The average molecular weight is 1020 g/mol. The zero-order valence-corrected chi connectivity index (χ0v) is 41.2. The molecule has 72 heavy (non-hydrogen) atoms. The van der Waals surface area contributed by atoms with Gasteiger partial charge in [-0.15, -0.1) is 16.6 Å². The second-order valence-electron chi connectivity index (χ2n) is 17.8. The van der Waals surface area contributed by atoms with Crippen LogP contribution in [-0.4, -0.2) is 195 Å². The van der Waals surface area contributed by atoms with Crippen LogP contribution in [0.4, 0.5) is 31.0 Å². The summed E-state index contributed by atoms with van der Waals surface area (Å²) in [7, 11) is 0. The van der Waals surface area contributed by atoms with Gasteiger partial charge in [0.25, 0.3) is 0 Å². The van der Waals surface area contributed by atoms with Crippen molar-refractivity contribution < 1.29 is 56.4 Å². The number of halogens is 3. The number of nitrogens with one attached hydrogen (secondary N) is 1. The van der Waals surface area contributed by atoms with E-state index in [4.69, 9.17) is 47.1 Å². The van der Waals surface area contributed by atoms with Gasteiger partial charge in [0.2, 0.25) is 29.7 Å². The first kappa shape index (κ1) is 56.6. The summed E-state index contributed by atoms with van der Waals surface area (Å²) in [5.41, 5.74) is 12.9. The van der Waals surface area contributed by atoms with Crippen molar-refractivity contribution in [2.75, 3.05) is 120 Å². The Morgan fingerprint density at radius 3 is 1.89 bits per heavy atom. The monoisotopic (exact) mass is 1020 g/mol. The van der Waals surface area contributed by atoms with E-state index >= 15 is 0 Å².